The highest BCUT2D eigenvalue weighted by molar-refractivity contribution is 7.11. The topological polar surface area (TPSA) is 0 Å². The minimum absolute atomic E-state index is 1.11. The maximum absolute atomic E-state index is 2.31. The summed E-state index contributed by atoms with van der Waals surface area (Å²) in [6.07, 6.45) is 2.26. The first-order valence-electron chi connectivity index (χ1n) is 8.56. The fourth-order valence-corrected chi connectivity index (χ4v) is 8.43. The highest BCUT2D eigenvalue weighted by Crippen LogP contribution is 2.18. The molecule has 0 aliphatic heterocycles. The minimum atomic E-state index is -2.08. The van der Waals surface area contributed by atoms with Gasteiger partial charge < -0.3 is 0 Å². The van der Waals surface area contributed by atoms with Gasteiger partial charge in [-0.15, -0.1) is 0 Å². The Morgan fingerprint density at radius 2 is 1.00 bits per heavy atom. The zero-order valence-electron chi connectivity index (χ0n) is 14.4. The van der Waals surface area contributed by atoms with Gasteiger partial charge in [-0.1, -0.05) is 103 Å². The van der Waals surface area contributed by atoms with Gasteiger partial charge in [0.1, 0.15) is 0 Å². The molecule has 1 heteroatoms. The largest absolute Gasteiger partial charge is 0.152 e. The Kier molecular flexibility index (Phi) is 5.12. The quantitative estimate of drug-likeness (QED) is 0.375. The predicted octanol–water partition coefficient (Wildman–Crippen LogP) is 4.12. The zero-order valence-corrected chi connectivity index (χ0v) is 15.4. The van der Waals surface area contributed by atoms with Crippen LogP contribution in [0.4, 0.5) is 0 Å². The van der Waals surface area contributed by atoms with E-state index in [-0.39, 0.29) is 0 Å². The van der Waals surface area contributed by atoms with E-state index < -0.39 is 8.07 Å². The van der Waals surface area contributed by atoms with Gasteiger partial charge in [0, 0.05) is 0 Å². The molecule has 0 unspecified atom stereocenters. The molecule has 0 heterocycles. The molecule has 120 valence electrons. The molecule has 0 nitrogen and oxygen atoms in total. The average molecular weight is 329 g/mol. The molecule has 3 aromatic carbocycles. The molecule has 24 heavy (non-hydrogen) atoms. The fraction of sp³-hybridized carbons (Fsp3) is 0.130. The fourth-order valence-electron chi connectivity index (χ4n) is 3.49. The van der Waals surface area contributed by atoms with E-state index in [4.69, 9.17) is 0 Å². The summed E-state index contributed by atoms with van der Waals surface area (Å²) in [5, 5.41) is 4.43. The lowest BCUT2D eigenvalue weighted by atomic mass is 10.3. The number of rotatable bonds is 5. The first-order valence-corrected chi connectivity index (χ1v) is 10.8. The van der Waals surface area contributed by atoms with Crippen LogP contribution in [-0.2, 0) is 0 Å². The molecule has 0 bridgehead atoms. The second-order valence-corrected chi connectivity index (χ2v) is 10.2. The van der Waals surface area contributed by atoms with E-state index in [1.807, 2.05) is 0 Å². The Morgan fingerprint density at radius 1 is 0.667 bits per heavy atom. The minimum Gasteiger partial charge on any atom is -0.0890 e. The molecule has 0 saturated carbocycles. The standard InChI is InChI=1S/C23H24Si/c1-3-20(2)19-24(21-13-7-4-8-14-21,22-15-9-5-10-16-22)23-17-11-6-12-18-23/h3-18H,19H2,1-2H3. The highest BCUT2D eigenvalue weighted by atomic mass is 28.3. The first-order chi connectivity index (χ1) is 11.8. The molecule has 0 aliphatic carbocycles. The summed E-state index contributed by atoms with van der Waals surface area (Å²) in [5.74, 6) is 0. The summed E-state index contributed by atoms with van der Waals surface area (Å²) in [6.45, 7) is 4.41. The van der Waals surface area contributed by atoms with Crippen molar-refractivity contribution in [1.82, 2.24) is 0 Å². The summed E-state index contributed by atoms with van der Waals surface area (Å²) >= 11 is 0. The van der Waals surface area contributed by atoms with Crippen LogP contribution in [0.3, 0.4) is 0 Å². The Bertz CT molecular complexity index is 693. The van der Waals surface area contributed by atoms with Crippen LogP contribution in [0.25, 0.3) is 0 Å². The van der Waals surface area contributed by atoms with Crippen molar-refractivity contribution in [2.45, 2.75) is 19.9 Å². The third kappa shape index (κ3) is 3.13. The monoisotopic (exact) mass is 328 g/mol. The lowest BCUT2D eigenvalue weighted by molar-refractivity contribution is 1.32. The lowest BCUT2D eigenvalue weighted by Gasteiger charge is -2.34. The Balaban J connectivity index is 2.32. The van der Waals surface area contributed by atoms with Crippen LogP contribution in [0, 0.1) is 0 Å². The first kappa shape index (κ1) is 16.5. The maximum atomic E-state index is 2.31. The van der Waals surface area contributed by atoms with Gasteiger partial charge >= 0.3 is 0 Å². The molecular weight excluding hydrogens is 304 g/mol. The summed E-state index contributed by atoms with van der Waals surface area (Å²) in [7, 11) is -2.08. The number of benzene rings is 3. The number of allylic oxidation sites excluding steroid dienone is 2. The van der Waals surface area contributed by atoms with Crippen LogP contribution in [-0.4, -0.2) is 8.07 Å². The van der Waals surface area contributed by atoms with Crippen LogP contribution in [0.5, 0.6) is 0 Å². The van der Waals surface area contributed by atoms with Gasteiger partial charge in [-0.05, 0) is 35.5 Å². The van der Waals surface area contributed by atoms with Gasteiger partial charge in [0.2, 0.25) is 0 Å². The summed E-state index contributed by atoms with van der Waals surface area (Å²) in [6, 6.07) is 34.4. The van der Waals surface area contributed by atoms with E-state index in [1.165, 1.54) is 21.1 Å². The van der Waals surface area contributed by atoms with E-state index in [1.54, 1.807) is 0 Å². The van der Waals surface area contributed by atoms with Crippen LogP contribution >= 0.6 is 0 Å². The van der Waals surface area contributed by atoms with Crippen LogP contribution < -0.4 is 15.6 Å². The molecule has 0 radical (unpaired) electrons. The summed E-state index contributed by atoms with van der Waals surface area (Å²) < 4.78 is 0. The zero-order chi connectivity index (χ0) is 16.8. The van der Waals surface area contributed by atoms with Crippen molar-refractivity contribution in [3.05, 3.63) is 103 Å². The summed E-state index contributed by atoms with van der Waals surface area (Å²) in [5.41, 5.74) is 1.46. The predicted molar refractivity (Wildman–Crippen MR) is 108 cm³/mol. The lowest BCUT2D eigenvalue weighted by Crippen LogP contribution is -2.67. The van der Waals surface area contributed by atoms with E-state index in [0.717, 1.165) is 6.04 Å². The van der Waals surface area contributed by atoms with Crippen molar-refractivity contribution >= 4 is 23.6 Å². The average Bonchev–Trinajstić information content (AvgIpc) is 2.68. The second kappa shape index (κ2) is 7.46. The normalized spacial score (nSPS) is 12.2. The molecule has 0 aliphatic rings. The SMILES string of the molecule is CC=C(C)C[Si](c1ccccc1)(c1ccccc1)c1ccccc1. The Morgan fingerprint density at radius 3 is 1.29 bits per heavy atom. The molecule has 3 rings (SSSR count). The van der Waals surface area contributed by atoms with E-state index in [0.29, 0.717) is 0 Å². The van der Waals surface area contributed by atoms with Gasteiger partial charge in [0.05, 0.1) is 0 Å². The third-order valence-electron chi connectivity index (χ3n) is 4.84. The molecule has 0 spiro atoms. The number of hydrogen-bond acceptors (Lipinski definition) is 0. The van der Waals surface area contributed by atoms with Crippen LogP contribution in [0.15, 0.2) is 103 Å². The summed E-state index contributed by atoms with van der Waals surface area (Å²) in [4.78, 5) is 0. The van der Waals surface area contributed by atoms with Gasteiger partial charge in [0.15, 0.2) is 8.07 Å². The van der Waals surface area contributed by atoms with Crippen molar-refractivity contribution < 1.29 is 0 Å². The smallest absolute Gasteiger partial charge is 0.0890 e. The second-order valence-electron chi connectivity index (χ2n) is 6.32. The molecule has 0 aromatic heterocycles. The molecule has 0 atom stereocenters. The molecule has 0 fully saturated rings. The van der Waals surface area contributed by atoms with Gasteiger partial charge in [0.25, 0.3) is 0 Å². The van der Waals surface area contributed by atoms with Crippen molar-refractivity contribution in [3.8, 4) is 0 Å². The highest BCUT2D eigenvalue weighted by Gasteiger charge is 2.38. The molecule has 0 amide bonds. The van der Waals surface area contributed by atoms with Crippen LogP contribution in [0.1, 0.15) is 13.8 Å². The molecular formula is C23H24Si. The third-order valence-corrected chi connectivity index (χ3v) is 9.88. The van der Waals surface area contributed by atoms with E-state index in [9.17, 15) is 0 Å². The number of hydrogen-bond donors (Lipinski definition) is 0. The van der Waals surface area contributed by atoms with Gasteiger partial charge in [-0.3, -0.25) is 0 Å². The van der Waals surface area contributed by atoms with Crippen LogP contribution in [0.2, 0.25) is 6.04 Å². The Hall–Kier alpha value is -2.38. The maximum Gasteiger partial charge on any atom is 0.152 e. The Labute approximate surface area is 146 Å². The van der Waals surface area contributed by atoms with Crippen molar-refractivity contribution in [2.24, 2.45) is 0 Å². The van der Waals surface area contributed by atoms with E-state index in [2.05, 4.69) is 111 Å². The van der Waals surface area contributed by atoms with Crippen molar-refractivity contribution in [1.29, 1.82) is 0 Å². The van der Waals surface area contributed by atoms with Crippen molar-refractivity contribution in [2.75, 3.05) is 0 Å². The van der Waals surface area contributed by atoms with Crippen molar-refractivity contribution in [3.63, 3.8) is 0 Å². The van der Waals surface area contributed by atoms with E-state index >= 15 is 0 Å². The van der Waals surface area contributed by atoms with Gasteiger partial charge in [-0.2, -0.15) is 0 Å². The van der Waals surface area contributed by atoms with Gasteiger partial charge in [-0.25, -0.2) is 0 Å². The molecule has 3 aromatic rings. The molecule has 0 saturated heterocycles. The molecule has 0 N–H and O–H groups in total.